The van der Waals surface area contributed by atoms with E-state index in [1.165, 1.54) is 16.7 Å². The van der Waals surface area contributed by atoms with Gasteiger partial charge in [0, 0.05) is 11.8 Å². The molecular weight excluding hydrogens is 428 g/mol. The van der Waals surface area contributed by atoms with Crippen LogP contribution in [0.4, 0.5) is 0 Å². The van der Waals surface area contributed by atoms with Crippen molar-refractivity contribution >= 4 is 12.1 Å². The third-order valence-corrected chi connectivity index (χ3v) is 6.23. The summed E-state index contributed by atoms with van der Waals surface area (Å²) in [6.07, 6.45) is 1.91. The van der Waals surface area contributed by atoms with Gasteiger partial charge in [-0.05, 0) is 56.5 Å². The number of nitrogens with one attached hydrogen (secondary N) is 1. The van der Waals surface area contributed by atoms with Gasteiger partial charge in [-0.15, -0.1) is 0 Å². The molecule has 4 aromatic carbocycles. The van der Waals surface area contributed by atoms with Crippen LogP contribution >= 0.6 is 0 Å². The molecule has 0 saturated heterocycles. The molecule has 3 nitrogen and oxygen atoms in total. The van der Waals surface area contributed by atoms with Crippen LogP contribution in [-0.4, -0.2) is 12.1 Å². The summed E-state index contributed by atoms with van der Waals surface area (Å²) in [6.45, 7) is 8.23. The predicted molar refractivity (Wildman–Crippen MR) is 145 cm³/mol. The van der Waals surface area contributed by atoms with Gasteiger partial charge in [0.05, 0.1) is 12.1 Å². The molecule has 2 atom stereocenters. The van der Waals surface area contributed by atoms with Gasteiger partial charge in [-0.2, -0.15) is 0 Å². The molecule has 4 aromatic rings. The Bertz CT molecular complexity index is 1290. The zero-order valence-electron chi connectivity index (χ0n) is 20.8. The first-order valence-electron chi connectivity index (χ1n) is 12.0. The van der Waals surface area contributed by atoms with Crippen LogP contribution in [0.25, 0.3) is 0 Å². The lowest BCUT2D eigenvalue weighted by Gasteiger charge is -2.27. The molecule has 0 spiro atoms. The Morgan fingerprint density at radius 3 is 1.57 bits per heavy atom. The number of carbonyl (C=O) groups excluding carboxylic acids is 1. The molecule has 0 unspecified atom stereocenters. The normalized spacial score (nSPS) is 12.9. The van der Waals surface area contributed by atoms with E-state index in [1.54, 1.807) is 0 Å². The highest BCUT2D eigenvalue weighted by molar-refractivity contribution is 5.94. The number of benzene rings is 4. The van der Waals surface area contributed by atoms with Crippen molar-refractivity contribution in [1.29, 1.82) is 0 Å². The molecule has 0 saturated carbocycles. The Morgan fingerprint density at radius 2 is 1.06 bits per heavy atom. The van der Waals surface area contributed by atoms with E-state index in [4.69, 9.17) is 4.99 Å². The molecule has 0 aliphatic heterocycles. The maximum Gasteiger partial charge on any atom is 0.251 e. The largest absolute Gasteiger partial charge is 0.343 e. The second-order valence-corrected chi connectivity index (χ2v) is 9.27. The standard InChI is InChI=1S/C32H32N2O/c1-22-5-13-26(14-6-22)21-33-30(27-15-7-23(2)8-16-27)31(28-17-9-24(3)10-18-28)34-32(35)29-19-11-25(4)12-20-29/h5-21,30-31H,1-4H3,(H,34,35)/t30-,31+/m0/s1. The van der Waals surface area contributed by atoms with Crippen molar-refractivity contribution in [1.82, 2.24) is 5.32 Å². The maximum absolute atomic E-state index is 13.3. The molecule has 0 fully saturated rings. The molecule has 0 aliphatic carbocycles. The minimum absolute atomic E-state index is 0.113. The predicted octanol–water partition coefficient (Wildman–Crippen LogP) is 7.25. The SMILES string of the molecule is Cc1ccc(C=N[C@@H](c2ccc(C)cc2)[C@H](NC(=O)c2ccc(C)cc2)c2ccc(C)cc2)cc1. The van der Waals surface area contributed by atoms with E-state index >= 15 is 0 Å². The molecule has 0 radical (unpaired) electrons. The van der Waals surface area contributed by atoms with Crippen LogP contribution in [0, 0.1) is 27.7 Å². The first-order chi connectivity index (χ1) is 16.9. The molecular formula is C32H32N2O. The minimum Gasteiger partial charge on any atom is -0.343 e. The van der Waals surface area contributed by atoms with Crippen molar-refractivity contribution in [2.24, 2.45) is 4.99 Å². The van der Waals surface area contributed by atoms with Crippen LogP contribution in [0.1, 0.15) is 61.4 Å². The monoisotopic (exact) mass is 460 g/mol. The first kappa shape index (κ1) is 24.2. The number of nitrogens with zero attached hydrogens (tertiary/aromatic N) is 1. The van der Waals surface area contributed by atoms with E-state index in [1.807, 2.05) is 37.4 Å². The zero-order chi connectivity index (χ0) is 24.8. The number of hydrogen-bond donors (Lipinski definition) is 1. The summed E-state index contributed by atoms with van der Waals surface area (Å²) in [5.41, 5.74) is 8.42. The third-order valence-electron chi connectivity index (χ3n) is 6.23. The highest BCUT2D eigenvalue weighted by atomic mass is 16.1. The summed E-state index contributed by atoms with van der Waals surface area (Å²) in [4.78, 5) is 18.4. The van der Waals surface area contributed by atoms with Crippen molar-refractivity contribution in [2.75, 3.05) is 0 Å². The maximum atomic E-state index is 13.3. The molecule has 3 heteroatoms. The molecule has 1 amide bonds. The highest BCUT2D eigenvalue weighted by Crippen LogP contribution is 2.33. The van der Waals surface area contributed by atoms with Gasteiger partial charge in [-0.3, -0.25) is 9.79 Å². The molecule has 1 N–H and O–H groups in total. The van der Waals surface area contributed by atoms with Crippen LogP contribution in [0.5, 0.6) is 0 Å². The minimum atomic E-state index is -0.339. The lowest BCUT2D eigenvalue weighted by Crippen LogP contribution is -2.32. The number of amides is 1. The summed E-state index contributed by atoms with van der Waals surface area (Å²) in [5.74, 6) is -0.113. The average Bonchev–Trinajstić information content (AvgIpc) is 2.86. The van der Waals surface area contributed by atoms with E-state index in [2.05, 4.69) is 98.9 Å². The Kier molecular flexibility index (Phi) is 7.57. The topological polar surface area (TPSA) is 41.5 Å². The molecule has 176 valence electrons. The highest BCUT2D eigenvalue weighted by Gasteiger charge is 2.26. The van der Waals surface area contributed by atoms with Crippen LogP contribution in [0.3, 0.4) is 0 Å². The van der Waals surface area contributed by atoms with Crippen molar-refractivity contribution in [3.8, 4) is 0 Å². The Hall–Kier alpha value is -3.98. The van der Waals surface area contributed by atoms with E-state index in [-0.39, 0.29) is 18.0 Å². The van der Waals surface area contributed by atoms with E-state index in [9.17, 15) is 4.79 Å². The van der Waals surface area contributed by atoms with Crippen molar-refractivity contribution < 1.29 is 4.79 Å². The summed E-state index contributed by atoms with van der Waals surface area (Å²) in [7, 11) is 0. The Morgan fingerprint density at radius 1 is 0.629 bits per heavy atom. The first-order valence-corrected chi connectivity index (χ1v) is 12.0. The zero-order valence-corrected chi connectivity index (χ0v) is 20.8. The summed E-state index contributed by atoms with van der Waals surface area (Å²) >= 11 is 0. The average molecular weight is 461 g/mol. The van der Waals surface area contributed by atoms with E-state index in [0.717, 1.165) is 22.3 Å². The van der Waals surface area contributed by atoms with Gasteiger partial charge in [-0.25, -0.2) is 0 Å². The van der Waals surface area contributed by atoms with Gasteiger partial charge in [0.25, 0.3) is 5.91 Å². The Balaban J connectivity index is 1.76. The van der Waals surface area contributed by atoms with Crippen LogP contribution in [0.2, 0.25) is 0 Å². The molecule has 0 aromatic heterocycles. The van der Waals surface area contributed by atoms with E-state index < -0.39 is 0 Å². The van der Waals surface area contributed by atoms with Crippen molar-refractivity contribution in [2.45, 2.75) is 39.8 Å². The lowest BCUT2D eigenvalue weighted by molar-refractivity contribution is 0.0930. The second kappa shape index (κ2) is 11.0. The molecule has 35 heavy (non-hydrogen) atoms. The Labute approximate surface area is 208 Å². The fourth-order valence-corrected chi connectivity index (χ4v) is 3.99. The molecule has 0 aliphatic rings. The number of aliphatic imine (C=N–C) groups is 1. The van der Waals surface area contributed by atoms with Gasteiger partial charge in [0.2, 0.25) is 0 Å². The van der Waals surface area contributed by atoms with Crippen molar-refractivity contribution in [3.63, 3.8) is 0 Å². The van der Waals surface area contributed by atoms with Crippen LogP contribution in [0.15, 0.2) is 102 Å². The fourth-order valence-electron chi connectivity index (χ4n) is 3.99. The van der Waals surface area contributed by atoms with Crippen LogP contribution < -0.4 is 5.32 Å². The van der Waals surface area contributed by atoms with Gasteiger partial charge in [0.1, 0.15) is 0 Å². The summed E-state index contributed by atoms with van der Waals surface area (Å²) < 4.78 is 0. The smallest absolute Gasteiger partial charge is 0.251 e. The summed E-state index contributed by atoms with van der Waals surface area (Å²) in [5, 5.41) is 3.29. The number of rotatable bonds is 7. The van der Waals surface area contributed by atoms with E-state index in [0.29, 0.717) is 5.56 Å². The second-order valence-electron chi connectivity index (χ2n) is 9.27. The van der Waals surface area contributed by atoms with Crippen LogP contribution in [-0.2, 0) is 0 Å². The molecule has 0 bridgehead atoms. The van der Waals surface area contributed by atoms with Gasteiger partial charge in [0.15, 0.2) is 0 Å². The number of aryl methyl sites for hydroxylation is 4. The quantitative estimate of drug-likeness (QED) is 0.290. The fraction of sp³-hybridized carbons (Fsp3) is 0.188. The molecule has 0 heterocycles. The molecule has 4 rings (SSSR count). The third kappa shape index (κ3) is 6.33. The number of hydrogen-bond acceptors (Lipinski definition) is 2. The number of carbonyl (C=O) groups is 1. The summed E-state index contributed by atoms with van der Waals surface area (Å²) in [6, 6.07) is 32.0. The van der Waals surface area contributed by atoms with Gasteiger partial charge < -0.3 is 5.32 Å². The van der Waals surface area contributed by atoms with Gasteiger partial charge in [-0.1, -0.05) is 107 Å². The van der Waals surface area contributed by atoms with Crippen molar-refractivity contribution in [3.05, 3.63) is 142 Å². The lowest BCUT2D eigenvalue weighted by atomic mass is 9.92. The van der Waals surface area contributed by atoms with Gasteiger partial charge >= 0.3 is 0 Å².